The third-order valence-electron chi connectivity index (χ3n) is 4.56. The highest BCUT2D eigenvalue weighted by atomic mass is 16.5. The van der Waals surface area contributed by atoms with Crippen molar-refractivity contribution < 1.29 is 9.53 Å². The molecule has 1 heterocycles. The van der Waals surface area contributed by atoms with Gasteiger partial charge in [-0.2, -0.15) is 0 Å². The second kappa shape index (κ2) is 6.95. The van der Waals surface area contributed by atoms with Crippen molar-refractivity contribution in [1.82, 2.24) is 4.90 Å². The number of nitrogens with zero attached hydrogens (tertiary/aromatic N) is 1. The Morgan fingerprint density at radius 3 is 2.60 bits per heavy atom. The van der Waals surface area contributed by atoms with Crippen molar-refractivity contribution in [2.45, 2.75) is 6.10 Å². The predicted octanol–water partition coefficient (Wildman–Crippen LogP) is 4.45. The molecule has 0 spiro atoms. The van der Waals surface area contributed by atoms with E-state index in [0.717, 1.165) is 22.0 Å². The first-order valence-corrected chi connectivity index (χ1v) is 8.51. The number of fused-ring (bicyclic) bond motifs is 1. The standard InChI is InChI=1S/C21H20N2O2/c24-21(22-19-12-6-10-16-7-4-5-11-18(16)19)23-13-14-25-20(15-23)17-8-2-1-3-9-17/h1-12,20H,13-15H2,(H,22,24). The van der Waals surface area contributed by atoms with Gasteiger partial charge >= 0.3 is 6.03 Å². The van der Waals surface area contributed by atoms with E-state index < -0.39 is 0 Å². The van der Waals surface area contributed by atoms with Crippen LogP contribution in [0, 0.1) is 0 Å². The topological polar surface area (TPSA) is 41.6 Å². The zero-order valence-electron chi connectivity index (χ0n) is 13.9. The first-order valence-electron chi connectivity index (χ1n) is 8.51. The number of benzene rings is 3. The SMILES string of the molecule is O=C(Nc1cccc2ccccc12)N1CCOC(c2ccccc2)C1. The van der Waals surface area contributed by atoms with Gasteiger partial charge in [-0.3, -0.25) is 0 Å². The monoisotopic (exact) mass is 332 g/mol. The molecule has 4 nitrogen and oxygen atoms in total. The molecule has 1 unspecified atom stereocenters. The van der Waals surface area contributed by atoms with Crippen LogP contribution in [0.2, 0.25) is 0 Å². The molecule has 1 saturated heterocycles. The van der Waals surface area contributed by atoms with Gasteiger partial charge in [-0.1, -0.05) is 66.7 Å². The molecule has 0 saturated carbocycles. The quantitative estimate of drug-likeness (QED) is 0.753. The van der Waals surface area contributed by atoms with E-state index in [4.69, 9.17) is 4.74 Å². The summed E-state index contributed by atoms with van der Waals surface area (Å²) in [7, 11) is 0. The lowest BCUT2D eigenvalue weighted by Gasteiger charge is -2.33. The lowest BCUT2D eigenvalue weighted by Crippen LogP contribution is -2.44. The molecule has 2 amide bonds. The molecule has 0 bridgehead atoms. The van der Waals surface area contributed by atoms with E-state index in [0.29, 0.717) is 19.7 Å². The molecule has 1 N–H and O–H groups in total. The van der Waals surface area contributed by atoms with Gasteiger partial charge in [0.15, 0.2) is 0 Å². The summed E-state index contributed by atoms with van der Waals surface area (Å²) in [6, 6.07) is 24.0. The van der Waals surface area contributed by atoms with Crippen molar-refractivity contribution in [2.75, 3.05) is 25.0 Å². The van der Waals surface area contributed by atoms with Gasteiger partial charge in [-0.15, -0.1) is 0 Å². The number of nitrogens with one attached hydrogen (secondary N) is 1. The first kappa shape index (κ1) is 15.7. The molecular formula is C21H20N2O2. The molecule has 0 radical (unpaired) electrons. The molecule has 1 fully saturated rings. The van der Waals surface area contributed by atoms with Crippen molar-refractivity contribution in [2.24, 2.45) is 0 Å². The lowest BCUT2D eigenvalue weighted by atomic mass is 10.1. The zero-order valence-corrected chi connectivity index (χ0v) is 13.9. The van der Waals surface area contributed by atoms with Gasteiger partial charge in [0.05, 0.1) is 18.8 Å². The van der Waals surface area contributed by atoms with Gasteiger partial charge in [0.25, 0.3) is 0 Å². The van der Waals surface area contributed by atoms with Gasteiger partial charge in [0, 0.05) is 11.9 Å². The van der Waals surface area contributed by atoms with E-state index in [-0.39, 0.29) is 12.1 Å². The van der Waals surface area contributed by atoms with Crippen LogP contribution in [0.1, 0.15) is 11.7 Å². The second-order valence-electron chi connectivity index (χ2n) is 6.17. The Bertz CT molecular complexity index is 874. The summed E-state index contributed by atoms with van der Waals surface area (Å²) in [5, 5.41) is 5.22. The van der Waals surface area contributed by atoms with Crippen LogP contribution in [0.4, 0.5) is 10.5 Å². The van der Waals surface area contributed by atoms with Crippen LogP contribution in [0.25, 0.3) is 10.8 Å². The number of carbonyl (C=O) groups excluding carboxylic acids is 1. The minimum atomic E-state index is -0.0828. The second-order valence-corrected chi connectivity index (χ2v) is 6.17. The molecule has 1 atom stereocenters. The molecule has 126 valence electrons. The van der Waals surface area contributed by atoms with Crippen molar-refractivity contribution in [3.8, 4) is 0 Å². The maximum absolute atomic E-state index is 12.7. The molecule has 4 heteroatoms. The summed E-state index contributed by atoms with van der Waals surface area (Å²) >= 11 is 0. The Balaban J connectivity index is 1.51. The molecular weight excluding hydrogens is 312 g/mol. The minimum Gasteiger partial charge on any atom is -0.370 e. The van der Waals surface area contributed by atoms with E-state index in [1.165, 1.54) is 0 Å². The molecule has 0 aromatic heterocycles. The summed E-state index contributed by atoms with van der Waals surface area (Å²) in [6.07, 6.45) is -0.0757. The number of amides is 2. The van der Waals surface area contributed by atoms with E-state index in [2.05, 4.69) is 5.32 Å². The van der Waals surface area contributed by atoms with Crippen LogP contribution in [0.5, 0.6) is 0 Å². The summed E-state index contributed by atoms with van der Waals surface area (Å²) in [5.41, 5.74) is 1.94. The van der Waals surface area contributed by atoms with E-state index >= 15 is 0 Å². The Morgan fingerprint density at radius 2 is 1.72 bits per heavy atom. The minimum absolute atomic E-state index is 0.0757. The van der Waals surface area contributed by atoms with Crippen LogP contribution < -0.4 is 5.32 Å². The Morgan fingerprint density at radius 1 is 0.960 bits per heavy atom. The molecule has 4 rings (SSSR count). The highest BCUT2D eigenvalue weighted by molar-refractivity contribution is 6.01. The van der Waals surface area contributed by atoms with Gasteiger partial charge in [-0.05, 0) is 17.0 Å². The largest absolute Gasteiger partial charge is 0.370 e. The van der Waals surface area contributed by atoms with Gasteiger partial charge in [-0.25, -0.2) is 4.79 Å². The van der Waals surface area contributed by atoms with Crippen molar-refractivity contribution >= 4 is 22.5 Å². The maximum atomic E-state index is 12.7. The third-order valence-corrected chi connectivity index (χ3v) is 4.56. The van der Waals surface area contributed by atoms with Gasteiger partial charge < -0.3 is 15.0 Å². The number of hydrogen-bond acceptors (Lipinski definition) is 2. The van der Waals surface area contributed by atoms with E-state index in [1.807, 2.05) is 77.7 Å². The molecule has 3 aromatic carbocycles. The number of morpholine rings is 1. The Labute approximate surface area is 147 Å². The van der Waals surface area contributed by atoms with E-state index in [9.17, 15) is 4.79 Å². The van der Waals surface area contributed by atoms with Crippen LogP contribution in [0.15, 0.2) is 72.8 Å². The molecule has 25 heavy (non-hydrogen) atoms. The van der Waals surface area contributed by atoms with Crippen molar-refractivity contribution in [1.29, 1.82) is 0 Å². The lowest BCUT2D eigenvalue weighted by molar-refractivity contribution is -0.0135. The van der Waals surface area contributed by atoms with Crippen molar-refractivity contribution in [3.63, 3.8) is 0 Å². The van der Waals surface area contributed by atoms with Crippen LogP contribution in [-0.2, 0) is 4.74 Å². The van der Waals surface area contributed by atoms with Gasteiger partial charge in [0.1, 0.15) is 6.10 Å². The number of hydrogen-bond donors (Lipinski definition) is 1. The number of ether oxygens (including phenoxy) is 1. The normalized spacial score (nSPS) is 17.4. The summed E-state index contributed by atoms with van der Waals surface area (Å²) in [6.45, 7) is 1.70. The third kappa shape index (κ3) is 3.35. The smallest absolute Gasteiger partial charge is 0.322 e. The zero-order chi connectivity index (χ0) is 17.1. The highest BCUT2D eigenvalue weighted by Crippen LogP contribution is 2.25. The molecule has 1 aliphatic rings. The number of urea groups is 1. The summed E-state index contributed by atoms with van der Waals surface area (Å²) < 4.78 is 5.84. The Kier molecular flexibility index (Phi) is 4.36. The molecule has 0 aliphatic carbocycles. The van der Waals surface area contributed by atoms with Gasteiger partial charge in [0.2, 0.25) is 0 Å². The fourth-order valence-corrected chi connectivity index (χ4v) is 3.23. The molecule has 1 aliphatic heterocycles. The maximum Gasteiger partial charge on any atom is 0.322 e. The number of carbonyl (C=O) groups is 1. The summed E-state index contributed by atoms with van der Waals surface area (Å²) in [4.78, 5) is 14.6. The van der Waals surface area contributed by atoms with Crippen LogP contribution in [-0.4, -0.2) is 30.6 Å². The van der Waals surface area contributed by atoms with E-state index in [1.54, 1.807) is 0 Å². The predicted molar refractivity (Wildman–Crippen MR) is 99.7 cm³/mol. The number of anilines is 1. The first-order chi connectivity index (χ1) is 12.3. The molecule has 3 aromatic rings. The summed E-state index contributed by atoms with van der Waals surface area (Å²) in [5.74, 6) is 0. The number of rotatable bonds is 2. The fraction of sp³-hybridized carbons (Fsp3) is 0.190. The Hall–Kier alpha value is -2.85. The average Bonchev–Trinajstić information content (AvgIpc) is 2.69. The van der Waals surface area contributed by atoms with Crippen LogP contribution >= 0.6 is 0 Å². The average molecular weight is 332 g/mol. The van der Waals surface area contributed by atoms with Crippen molar-refractivity contribution in [3.05, 3.63) is 78.4 Å². The highest BCUT2D eigenvalue weighted by Gasteiger charge is 2.25. The fourth-order valence-electron chi connectivity index (χ4n) is 3.23. The van der Waals surface area contributed by atoms with Crippen LogP contribution in [0.3, 0.4) is 0 Å².